The second-order valence-electron chi connectivity index (χ2n) is 4.69. The monoisotopic (exact) mass is 330 g/mol. The van der Waals surface area contributed by atoms with Crippen LogP contribution in [0.4, 0.5) is 19.0 Å². The van der Waals surface area contributed by atoms with E-state index in [4.69, 9.17) is 16.3 Å². The maximum atomic E-state index is 12.8. The van der Waals surface area contributed by atoms with Crippen molar-refractivity contribution in [1.29, 1.82) is 0 Å². The van der Waals surface area contributed by atoms with E-state index in [1.807, 2.05) is 12.1 Å². The molecule has 1 N–H and O–H groups in total. The van der Waals surface area contributed by atoms with Crippen LogP contribution in [0.3, 0.4) is 0 Å². The average Bonchev–Trinajstić information content (AvgIpc) is 2.43. The summed E-state index contributed by atoms with van der Waals surface area (Å²) in [6.07, 6.45) is -4.51. The van der Waals surface area contributed by atoms with Gasteiger partial charge in [-0.3, -0.25) is 0 Å². The molecule has 1 aromatic carbocycles. The Morgan fingerprint density at radius 3 is 2.36 bits per heavy atom. The summed E-state index contributed by atoms with van der Waals surface area (Å²) in [5, 5.41) is 2.40. The van der Waals surface area contributed by atoms with Crippen molar-refractivity contribution in [2.45, 2.75) is 19.6 Å². The quantitative estimate of drug-likeness (QED) is 0.826. The number of hydrogen-bond donors (Lipinski definition) is 1. The number of rotatable bonds is 4. The summed E-state index contributed by atoms with van der Waals surface area (Å²) in [7, 11) is 1.57. The molecule has 0 unspecified atom stereocenters. The van der Waals surface area contributed by atoms with Crippen molar-refractivity contribution in [3.05, 3.63) is 52.2 Å². The van der Waals surface area contributed by atoms with E-state index in [0.29, 0.717) is 12.4 Å². The molecule has 7 heteroatoms. The first-order valence-corrected chi connectivity index (χ1v) is 6.80. The highest BCUT2D eigenvalue weighted by Crippen LogP contribution is 2.37. The number of pyridine rings is 1. The van der Waals surface area contributed by atoms with E-state index in [0.717, 1.165) is 11.3 Å². The molecule has 0 saturated carbocycles. The Hall–Kier alpha value is -1.95. The topological polar surface area (TPSA) is 34.1 Å². The van der Waals surface area contributed by atoms with Gasteiger partial charge in [-0.2, -0.15) is 13.2 Å². The van der Waals surface area contributed by atoms with Crippen LogP contribution in [-0.4, -0.2) is 12.1 Å². The molecule has 0 atom stereocenters. The number of hydrogen-bond acceptors (Lipinski definition) is 3. The van der Waals surface area contributed by atoms with Gasteiger partial charge in [-0.1, -0.05) is 23.7 Å². The number of benzene rings is 1. The number of halogens is 4. The van der Waals surface area contributed by atoms with Gasteiger partial charge in [0, 0.05) is 6.54 Å². The molecule has 2 rings (SSSR count). The lowest BCUT2D eigenvalue weighted by atomic mass is 10.1. The van der Waals surface area contributed by atoms with E-state index < -0.39 is 16.9 Å². The van der Waals surface area contributed by atoms with Crippen LogP contribution in [0.2, 0.25) is 5.15 Å². The van der Waals surface area contributed by atoms with E-state index in [-0.39, 0.29) is 5.56 Å². The summed E-state index contributed by atoms with van der Waals surface area (Å²) in [4.78, 5) is 3.76. The largest absolute Gasteiger partial charge is 0.497 e. The number of anilines is 1. The van der Waals surface area contributed by atoms with Crippen molar-refractivity contribution in [3.63, 3.8) is 0 Å². The Balaban J connectivity index is 2.13. The van der Waals surface area contributed by atoms with Crippen molar-refractivity contribution in [3.8, 4) is 5.75 Å². The van der Waals surface area contributed by atoms with Crippen LogP contribution in [0.5, 0.6) is 5.75 Å². The molecule has 0 radical (unpaired) electrons. The summed E-state index contributed by atoms with van der Waals surface area (Å²) in [5.41, 5.74) is 0.0742. The van der Waals surface area contributed by atoms with Gasteiger partial charge in [0.15, 0.2) is 0 Å². The Labute approximate surface area is 131 Å². The molecule has 0 aliphatic carbocycles. The van der Waals surface area contributed by atoms with Crippen molar-refractivity contribution < 1.29 is 17.9 Å². The minimum absolute atomic E-state index is 0.0322. The van der Waals surface area contributed by atoms with Gasteiger partial charge in [-0.05, 0) is 36.2 Å². The van der Waals surface area contributed by atoms with Crippen LogP contribution in [0, 0.1) is 6.92 Å². The summed E-state index contributed by atoms with van der Waals surface area (Å²) >= 11 is 5.65. The Kier molecular flexibility index (Phi) is 4.81. The SMILES string of the molecule is COc1ccc(CNc2cc(C)c(C(F)(F)F)c(Cl)n2)cc1. The standard InChI is InChI=1S/C15H14ClF3N2O/c1-9-7-12(21-14(16)13(9)15(17,18)19)20-8-10-3-5-11(22-2)6-4-10/h3-7H,8H2,1-2H3,(H,20,21). The third-order valence-corrected chi connectivity index (χ3v) is 3.36. The maximum absolute atomic E-state index is 12.8. The van der Waals surface area contributed by atoms with Gasteiger partial charge in [-0.15, -0.1) is 0 Å². The van der Waals surface area contributed by atoms with Crippen LogP contribution in [0.1, 0.15) is 16.7 Å². The van der Waals surface area contributed by atoms with Crippen LogP contribution in [0.25, 0.3) is 0 Å². The first kappa shape index (κ1) is 16.4. The van der Waals surface area contributed by atoms with E-state index in [1.54, 1.807) is 19.2 Å². The molecule has 3 nitrogen and oxygen atoms in total. The Morgan fingerprint density at radius 1 is 1.23 bits per heavy atom. The molecule has 0 fully saturated rings. The summed E-state index contributed by atoms with van der Waals surface area (Å²) in [6, 6.07) is 8.64. The fraction of sp³-hybridized carbons (Fsp3) is 0.267. The van der Waals surface area contributed by atoms with Gasteiger partial charge in [0.1, 0.15) is 16.7 Å². The predicted molar refractivity (Wildman–Crippen MR) is 79.3 cm³/mol. The van der Waals surface area contributed by atoms with E-state index in [9.17, 15) is 13.2 Å². The minimum atomic E-state index is -4.51. The maximum Gasteiger partial charge on any atom is 0.419 e. The van der Waals surface area contributed by atoms with Gasteiger partial charge in [0.05, 0.1) is 12.7 Å². The zero-order chi connectivity index (χ0) is 16.3. The Bertz CT molecular complexity index is 634. The normalized spacial score (nSPS) is 11.4. The highest BCUT2D eigenvalue weighted by molar-refractivity contribution is 6.30. The van der Waals surface area contributed by atoms with Crippen LogP contribution >= 0.6 is 11.6 Å². The first-order chi connectivity index (χ1) is 10.3. The van der Waals surface area contributed by atoms with Gasteiger partial charge in [0.2, 0.25) is 0 Å². The van der Waals surface area contributed by atoms with Crippen molar-refractivity contribution in [2.75, 3.05) is 12.4 Å². The molecule has 0 bridgehead atoms. The second kappa shape index (κ2) is 6.44. The molecule has 118 valence electrons. The number of ether oxygens (including phenoxy) is 1. The Morgan fingerprint density at radius 2 is 1.86 bits per heavy atom. The molecule has 22 heavy (non-hydrogen) atoms. The highest BCUT2D eigenvalue weighted by Gasteiger charge is 2.36. The van der Waals surface area contributed by atoms with Crippen LogP contribution in [-0.2, 0) is 12.7 Å². The molecule has 0 aliphatic rings. The van der Waals surface area contributed by atoms with Gasteiger partial charge in [0.25, 0.3) is 0 Å². The fourth-order valence-electron chi connectivity index (χ4n) is 2.00. The van der Waals surface area contributed by atoms with Crippen molar-refractivity contribution in [2.24, 2.45) is 0 Å². The molecule has 1 heterocycles. The lowest BCUT2D eigenvalue weighted by molar-refractivity contribution is -0.138. The van der Waals surface area contributed by atoms with Crippen molar-refractivity contribution in [1.82, 2.24) is 4.98 Å². The molecule has 2 aromatic rings. The molecule has 0 amide bonds. The molecule has 0 saturated heterocycles. The van der Waals surface area contributed by atoms with Gasteiger partial charge < -0.3 is 10.1 Å². The number of aryl methyl sites for hydroxylation is 1. The van der Waals surface area contributed by atoms with E-state index >= 15 is 0 Å². The minimum Gasteiger partial charge on any atom is -0.497 e. The molecular formula is C15H14ClF3N2O. The highest BCUT2D eigenvalue weighted by atomic mass is 35.5. The average molecular weight is 331 g/mol. The molecular weight excluding hydrogens is 317 g/mol. The number of alkyl halides is 3. The van der Waals surface area contributed by atoms with Crippen molar-refractivity contribution >= 4 is 17.4 Å². The summed E-state index contributed by atoms with van der Waals surface area (Å²) < 4.78 is 43.5. The van der Waals surface area contributed by atoms with Gasteiger partial charge >= 0.3 is 6.18 Å². The zero-order valence-corrected chi connectivity index (χ0v) is 12.7. The number of nitrogens with zero attached hydrogens (tertiary/aromatic N) is 1. The molecule has 0 spiro atoms. The molecule has 1 aromatic heterocycles. The fourth-order valence-corrected chi connectivity index (χ4v) is 2.35. The zero-order valence-electron chi connectivity index (χ0n) is 12.0. The van der Waals surface area contributed by atoms with E-state index in [1.165, 1.54) is 13.0 Å². The second-order valence-corrected chi connectivity index (χ2v) is 5.05. The smallest absolute Gasteiger partial charge is 0.419 e. The third-order valence-electron chi connectivity index (χ3n) is 3.09. The van der Waals surface area contributed by atoms with Crippen LogP contribution < -0.4 is 10.1 Å². The number of aromatic nitrogens is 1. The molecule has 0 aliphatic heterocycles. The lowest BCUT2D eigenvalue weighted by Gasteiger charge is -2.14. The number of nitrogens with one attached hydrogen (secondary N) is 1. The lowest BCUT2D eigenvalue weighted by Crippen LogP contribution is -2.11. The van der Waals surface area contributed by atoms with Crippen LogP contribution in [0.15, 0.2) is 30.3 Å². The number of methoxy groups -OCH3 is 1. The van der Waals surface area contributed by atoms with Gasteiger partial charge in [-0.25, -0.2) is 4.98 Å². The summed E-state index contributed by atoms with van der Waals surface area (Å²) in [6.45, 7) is 1.77. The summed E-state index contributed by atoms with van der Waals surface area (Å²) in [5.74, 6) is 1.03. The first-order valence-electron chi connectivity index (χ1n) is 6.42. The third kappa shape index (κ3) is 3.82. The van der Waals surface area contributed by atoms with E-state index in [2.05, 4.69) is 10.3 Å². The predicted octanol–water partition coefficient (Wildman–Crippen LogP) is 4.68.